The van der Waals surface area contributed by atoms with Gasteiger partial charge in [-0.25, -0.2) is 9.97 Å². The summed E-state index contributed by atoms with van der Waals surface area (Å²) in [5, 5.41) is 0. The minimum absolute atomic E-state index is 0.748. The number of aromatic nitrogens is 2. The van der Waals surface area contributed by atoms with Gasteiger partial charge < -0.3 is 19.1 Å². The molecule has 0 N–H and O–H groups in total. The zero-order valence-corrected chi connectivity index (χ0v) is 16.0. The lowest BCUT2D eigenvalue weighted by atomic mass is 10.1. The minimum atomic E-state index is 0.748. The summed E-state index contributed by atoms with van der Waals surface area (Å²) in [7, 11) is 3.37. The van der Waals surface area contributed by atoms with E-state index in [0.29, 0.717) is 0 Å². The first-order valence-electron chi connectivity index (χ1n) is 9.37. The van der Waals surface area contributed by atoms with E-state index in [-0.39, 0.29) is 0 Å². The summed E-state index contributed by atoms with van der Waals surface area (Å²) in [6.45, 7) is 5.88. The monoisotopic (exact) mass is 370 g/mol. The zero-order chi connectivity index (χ0) is 18.6. The van der Waals surface area contributed by atoms with Crippen LogP contribution in [0.5, 0.6) is 11.5 Å². The maximum Gasteiger partial charge on any atom is 0.225 e. The van der Waals surface area contributed by atoms with Crippen LogP contribution < -0.4 is 14.4 Å². The van der Waals surface area contributed by atoms with Crippen LogP contribution in [0, 0.1) is 0 Å². The number of fused-ring (bicyclic) bond motifs is 1. The van der Waals surface area contributed by atoms with Gasteiger partial charge in [0, 0.05) is 62.5 Å². The number of nitrogens with zero attached hydrogens (tertiary/aromatic N) is 4. The van der Waals surface area contributed by atoms with Gasteiger partial charge in [-0.1, -0.05) is 6.07 Å². The summed E-state index contributed by atoms with van der Waals surface area (Å²) in [6, 6.07) is 5.99. The van der Waals surface area contributed by atoms with Crippen molar-refractivity contribution in [2.75, 3.05) is 52.0 Å². The molecule has 0 amide bonds. The van der Waals surface area contributed by atoms with Gasteiger partial charge in [-0.3, -0.25) is 4.90 Å². The van der Waals surface area contributed by atoms with E-state index in [2.05, 4.69) is 20.9 Å². The van der Waals surface area contributed by atoms with E-state index in [1.165, 1.54) is 11.3 Å². The van der Waals surface area contributed by atoms with E-state index < -0.39 is 0 Å². The van der Waals surface area contributed by atoms with E-state index >= 15 is 0 Å². The molecule has 0 saturated carbocycles. The van der Waals surface area contributed by atoms with Crippen molar-refractivity contribution in [2.24, 2.45) is 0 Å². The molecule has 0 unspecified atom stereocenters. The molecule has 0 radical (unpaired) electrons. The van der Waals surface area contributed by atoms with E-state index in [1.807, 2.05) is 18.3 Å². The van der Waals surface area contributed by atoms with Crippen LogP contribution >= 0.6 is 0 Å². The van der Waals surface area contributed by atoms with Crippen LogP contribution in [0.2, 0.25) is 0 Å². The third kappa shape index (κ3) is 3.99. The van der Waals surface area contributed by atoms with Crippen molar-refractivity contribution in [3.05, 3.63) is 41.2 Å². The highest BCUT2D eigenvalue weighted by Gasteiger charge is 2.22. The molecular formula is C20H26N4O3. The molecule has 144 valence electrons. The zero-order valence-electron chi connectivity index (χ0n) is 16.0. The highest BCUT2D eigenvalue weighted by Crippen LogP contribution is 2.28. The summed E-state index contributed by atoms with van der Waals surface area (Å²) in [5.41, 5.74) is 3.54. The van der Waals surface area contributed by atoms with Gasteiger partial charge in [0.2, 0.25) is 5.95 Å². The Balaban J connectivity index is 1.45. The Kier molecular flexibility index (Phi) is 5.40. The molecule has 27 heavy (non-hydrogen) atoms. The molecule has 1 aromatic carbocycles. The van der Waals surface area contributed by atoms with Gasteiger partial charge in [0.15, 0.2) is 0 Å². The van der Waals surface area contributed by atoms with Gasteiger partial charge >= 0.3 is 0 Å². The Morgan fingerprint density at radius 3 is 2.74 bits per heavy atom. The fourth-order valence-electron chi connectivity index (χ4n) is 3.64. The number of hydrogen-bond donors (Lipinski definition) is 0. The number of rotatable bonds is 5. The van der Waals surface area contributed by atoms with Crippen LogP contribution in [-0.4, -0.2) is 61.9 Å². The molecular weight excluding hydrogens is 344 g/mol. The molecule has 1 fully saturated rings. The fraction of sp³-hybridized carbons (Fsp3) is 0.500. The highest BCUT2D eigenvalue weighted by molar-refractivity contribution is 5.41. The SMILES string of the molecule is COc1ccc(CN2CCc3nc(N4CCOCC4)ncc3C2)c(OC)c1. The van der Waals surface area contributed by atoms with Crippen LogP contribution in [0.15, 0.2) is 24.4 Å². The van der Waals surface area contributed by atoms with Gasteiger partial charge in [0.1, 0.15) is 11.5 Å². The number of hydrogen-bond acceptors (Lipinski definition) is 7. The summed E-state index contributed by atoms with van der Waals surface area (Å²) in [4.78, 5) is 14.0. The predicted octanol–water partition coefficient (Wildman–Crippen LogP) is 1.89. The van der Waals surface area contributed by atoms with Crippen molar-refractivity contribution < 1.29 is 14.2 Å². The van der Waals surface area contributed by atoms with Gasteiger partial charge in [0.05, 0.1) is 33.1 Å². The van der Waals surface area contributed by atoms with Crippen LogP contribution in [-0.2, 0) is 24.2 Å². The average molecular weight is 370 g/mol. The third-order valence-corrected chi connectivity index (χ3v) is 5.18. The second kappa shape index (κ2) is 8.10. The molecule has 0 aliphatic carbocycles. The Hall–Kier alpha value is -2.38. The minimum Gasteiger partial charge on any atom is -0.497 e. The maximum atomic E-state index is 5.53. The summed E-state index contributed by atoms with van der Waals surface area (Å²) in [5.74, 6) is 2.50. The molecule has 0 spiro atoms. The van der Waals surface area contributed by atoms with Gasteiger partial charge in [-0.05, 0) is 6.07 Å². The van der Waals surface area contributed by atoms with Gasteiger partial charge in [-0.2, -0.15) is 0 Å². The molecule has 0 bridgehead atoms. The molecule has 0 atom stereocenters. The number of methoxy groups -OCH3 is 2. The van der Waals surface area contributed by atoms with Crippen LogP contribution in [0.3, 0.4) is 0 Å². The van der Waals surface area contributed by atoms with Crippen molar-refractivity contribution in [3.8, 4) is 11.5 Å². The van der Waals surface area contributed by atoms with Crippen LogP contribution in [0.1, 0.15) is 16.8 Å². The van der Waals surface area contributed by atoms with E-state index in [0.717, 1.165) is 75.4 Å². The van der Waals surface area contributed by atoms with Crippen molar-refractivity contribution in [1.29, 1.82) is 0 Å². The second-order valence-corrected chi connectivity index (χ2v) is 6.88. The van der Waals surface area contributed by atoms with Gasteiger partial charge in [0.25, 0.3) is 0 Å². The smallest absolute Gasteiger partial charge is 0.225 e. The Morgan fingerprint density at radius 2 is 1.96 bits per heavy atom. The van der Waals surface area contributed by atoms with E-state index in [4.69, 9.17) is 19.2 Å². The molecule has 7 heteroatoms. The molecule has 2 aliphatic rings. The Bertz CT molecular complexity index is 793. The first-order chi connectivity index (χ1) is 13.3. The van der Waals surface area contributed by atoms with Crippen molar-refractivity contribution >= 4 is 5.95 Å². The topological polar surface area (TPSA) is 60.0 Å². The summed E-state index contributed by atoms with van der Waals surface area (Å²) >= 11 is 0. The van der Waals surface area contributed by atoms with Crippen molar-refractivity contribution in [1.82, 2.24) is 14.9 Å². The van der Waals surface area contributed by atoms with Crippen molar-refractivity contribution in [2.45, 2.75) is 19.5 Å². The molecule has 7 nitrogen and oxygen atoms in total. The molecule has 2 aliphatic heterocycles. The first-order valence-corrected chi connectivity index (χ1v) is 9.37. The second-order valence-electron chi connectivity index (χ2n) is 6.88. The molecule has 2 aromatic rings. The normalized spacial score (nSPS) is 17.5. The third-order valence-electron chi connectivity index (χ3n) is 5.18. The summed E-state index contributed by atoms with van der Waals surface area (Å²) in [6.07, 6.45) is 2.93. The highest BCUT2D eigenvalue weighted by atomic mass is 16.5. The molecule has 4 rings (SSSR count). The quantitative estimate of drug-likeness (QED) is 0.796. The Morgan fingerprint density at radius 1 is 1.11 bits per heavy atom. The fourth-order valence-corrected chi connectivity index (χ4v) is 3.64. The Labute approximate surface area is 159 Å². The number of ether oxygens (including phenoxy) is 3. The van der Waals surface area contributed by atoms with Crippen molar-refractivity contribution in [3.63, 3.8) is 0 Å². The lowest BCUT2D eigenvalue weighted by Crippen LogP contribution is -2.38. The number of morpholine rings is 1. The standard InChI is InChI=1S/C20H26N4O3/c1-25-17-4-3-15(19(11-17)26-2)13-23-6-5-18-16(14-23)12-21-20(22-18)24-7-9-27-10-8-24/h3-4,11-12H,5-10,13-14H2,1-2H3. The molecule has 3 heterocycles. The largest absolute Gasteiger partial charge is 0.497 e. The van der Waals surface area contributed by atoms with E-state index in [1.54, 1.807) is 14.2 Å². The number of benzene rings is 1. The first kappa shape index (κ1) is 18.0. The predicted molar refractivity (Wildman–Crippen MR) is 102 cm³/mol. The molecule has 1 aromatic heterocycles. The number of anilines is 1. The average Bonchev–Trinajstić information content (AvgIpc) is 2.74. The summed E-state index contributed by atoms with van der Waals surface area (Å²) < 4.78 is 16.2. The lowest BCUT2D eigenvalue weighted by Gasteiger charge is -2.31. The molecule has 1 saturated heterocycles. The maximum absolute atomic E-state index is 5.53. The van der Waals surface area contributed by atoms with Gasteiger partial charge in [-0.15, -0.1) is 0 Å². The van der Waals surface area contributed by atoms with E-state index in [9.17, 15) is 0 Å². The lowest BCUT2D eigenvalue weighted by molar-refractivity contribution is 0.122. The van der Waals surface area contributed by atoms with Crippen LogP contribution in [0.25, 0.3) is 0 Å². The van der Waals surface area contributed by atoms with Crippen LogP contribution in [0.4, 0.5) is 5.95 Å².